The van der Waals surface area contributed by atoms with Crippen molar-refractivity contribution in [1.82, 2.24) is 15.6 Å². The lowest BCUT2D eigenvalue weighted by Crippen LogP contribution is -2.38. The summed E-state index contributed by atoms with van der Waals surface area (Å²) < 4.78 is 0. The number of pyridine rings is 1. The van der Waals surface area contributed by atoms with E-state index in [4.69, 9.17) is 0 Å². The summed E-state index contributed by atoms with van der Waals surface area (Å²) in [6.45, 7) is 2.32. The molecule has 0 spiro atoms. The summed E-state index contributed by atoms with van der Waals surface area (Å²) in [6, 6.07) is 13.0. The van der Waals surface area contributed by atoms with Crippen molar-refractivity contribution < 1.29 is 9.59 Å². The zero-order valence-electron chi connectivity index (χ0n) is 13.4. The fourth-order valence-electron chi connectivity index (χ4n) is 1.92. The van der Waals surface area contributed by atoms with E-state index in [1.54, 1.807) is 24.0 Å². The maximum absolute atomic E-state index is 11.8. The molecule has 2 rings (SSSR count). The Morgan fingerprint density at radius 1 is 1.12 bits per heavy atom. The Morgan fingerprint density at radius 2 is 2.00 bits per heavy atom. The average molecular weight is 344 g/mol. The number of hydrogen-bond donors (Lipinski definition) is 3. The van der Waals surface area contributed by atoms with E-state index in [2.05, 4.69) is 20.9 Å². The Bertz CT molecular complexity index is 679. The van der Waals surface area contributed by atoms with Crippen LogP contribution < -0.4 is 16.0 Å². The van der Waals surface area contributed by atoms with Crippen LogP contribution in [-0.4, -0.2) is 30.0 Å². The molecule has 0 saturated heterocycles. The third-order valence-corrected chi connectivity index (χ3v) is 4.01. The molecule has 0 fully saturated rings. The monoisotopic (exact) mass is 344 g/mol. The average Bonchev–Trinajstić information content (AvgIpc) is 2.60. The van der Waals surface area contributed by atoms with Crippen LogP contribution in [0, 0.1) is 0 Å². The lowest BCUT2D eigenvalue weighted by molar-refractivity contribution is -0.119. The van der Waals surface area contributed by atoms with Gasteiger partial charge in [0.05, 0.1) is 11.6 Å². The van der Waals surface area contributed by atoms with Crippen molar-refractivity contribution in [3.63, 3.8) is 0 Å². The smallest absolute Gasteiger partial charge is 0.319 e. The number of hydrogen-bond acceptors (Lipinski definition) is 4. The van der Waals surface area contributed by atoms with Gasteiger partial charge in [-0.3, -0.25) is 4.79 Å². The minimum absolute atomic E-state index is 0.0467. The standard InChI is InChI=1S/C17H20N4O2S/c1-2-18-15(22)11-20-17(23)21-14-7-5-6-13(10-14)12-24-16-8-3-4-9-19-16/h3-10H,2,11-12H2,1H3,(H,18,22)(H2,20,21,23). The molecular formula is C17H20N4O2S. The Hall–Kier alpha value is -2.54. The third-order valence-electron chi connectivity index (χ3n) is 2.99. The van der Waals surface area contributed by atoms with E-state index in [0.717, 1.165) is 16.3 Å². The van der Waals surface area contributed by atoms with Crippen LogP contribution in [0.3, 0.4) is 0 Å². The van der Waals surface area contributed by atoms with E-state index in [1.807, 2.05) is 43.3 Å². The van der Waals surface area contributed by atoms with Crippen molar-refractivity contribution in [3.05, 3.63) is 54.2 Å². The molecule has 0 bridgehead atoms. The Morgan fingerprint density at radius 3 is 2.75 bits per heavy atom. The van der Waals surface area contributed by atoms with Crippen LogP contribution in [0.5, 0.6) is 0 Å². The highest BCUT2D eigenvalue weighted by atomic mass is 32.2. The largest absolute Gasteiger partial charge is 0.355 e. The van der Waals surface area contributed by atoms with Crippen LogP contribution in [0.25, 0.3) is 0 Å². The molecule has 24 heavy (non-hydrogen) atoms. The summed E-state index contributed by atoms with van der Waals surface area (Å²) in [4.78, 5) is 27.4. The summed E-state index contributed by atoms with van der Waals surface area (Å²) in [5.74, 6) is 0.542. The number of thioether (sulfide) groups is 1. The molecule has 3 N–H and O–H groups in total. The number of anilines is 1. The van der Waals surface area contributed by atoms with Crippen molar-refractivity contribution in [2.45, 2.75) is 17.7 Å². The number of aromatic nitrogens is 1. The van der Waals surface area contributed by atoms with Gasteiger partial charge < -0.3 is 16.0 Å². The Kier molecular flexibility index (Phi) is 7.10. The minimum Gasteiger partial charge on any atom is -0.355 e. The fraction of sp³-hybridized carbons (Fsp3) is 0.235. The summed E-state index contributed by atoms with van der Waals surface area (Å²) >= 11 is 1.63. The van der Waals surface area contributed by atoms with Crippen LogP contribution in [0.2, 0.25) is 0 Å². The van der Waals surface area contributed by atoms with Gasteiger partial charge in [0.1, 0.15) is 0 Å². The number of likely N-dealkylation sites (N-methyl/N-ethyl adjacent to an activating group) is 1. The zero-order valence-corrected chi connectivity index (χ0v) is 14.2. The molecule has 1 aromatic heterocycles. The predicted molar refractivity (Wildman–Crippen MR) is 95.9 cm³/mol. The lowest BCUT2D eigenvalue weighted by atomic mass is 10.2. The summed E-state index contributed by atoms with van der Waals surface area (Å²) in [7, 11) is 0. The first kappa shape index (κ1) is 17.8. The normalized spacial score (nSPS) is 10.0. The highest BCUT2D eigenvalue weighted by molar-refractivity contribution is 7.98. The highest BCUT2D eigenvalue weighted by Crippen LogP contribution is 2.21. The van der Waals surface area contributed by atoms with E-state index in [-0.39, 0.29) is 12.5 Å². The first-order chi connectivity index (χ1) is 11.7. The molecule has 0 saturated carbocycles. The number of rotatable bonds is 7. The number of carbonyl (C=O) groups is 2. The molecule has 0 aliphatic rings. The molecule has 6 nitrogen and oxygen atoms in total. The third kappa shape index (κ3) is 6.29. The molecule has 0 radical (unpaired) electrons. The van der Waals surface area contributed by atoms with Crippen LogP contribution in [-0.2, 0) is 10.5 Å². The van der Waals surface area contributed by atoms with E-state index >= 15 is 0 Å². The van der Waals surface area contributed by atoms with E-state index < -0.39 is 6.03 Å². The van der Waals surface area contributed by atoms with Gasteiger partial charge in [-0.25, -0.2) is 9.78 Å². The van der Waals surface area contributed by atoms with E-state index in [1.165, 1.54) is 0 Å². The molecule has 1 heterocycles. The summed E-state index contributed by atoms with van der Waals surface area (Å²) in [5.41, 5.74) is 1.76. The number of nitrogens with one attached hydrogen (secondary N) is 3. The van der Waals surface area contributed by atoms with Crippen LogP contribution in [0.1, 0.15) is 12.5 Å². The predicted octanol–water partition coefficient (Wildman–Crippen LogP) is 2.63. The second-order valence-electron chi connectivity index (χ2n) is 4.92. The molecule has 0 unspecified atom stereocenters. The number of amides is 3. The molecule has 0 atom stereocenters. The van der Waals surface area contributed by atoms with Crippen molar-refractivity contribution in [1.29, 1.82) is 0 Å². The Labute approximate surface area is 145 Å². The minimum atomic E-state index is -0.407. The lowest BCUT2D eigenvalue weighted by Gasteiger charge is -2.09. The van der Waals surface area contributed by atoms with Crippen LogP contribution >= 0.6 is 11.8 Å². The van der Waals surface area contributed by atoms with Gasteiger partial charge in [0, 0.05) is 24.2 Å². The van der Waals surface area contributed by atoms with Gasteiger partial charge in [-0.2, -0.15) is 0 Å². The molecule has 0 aliphatic carbocycles. The maximum atomic E-state index is 11.8. The maximum Gasteiger partial charge on any atom is 0.319 e. The van der Waals surface area contributed by atoms with Gasteiger partial charge in [-0.05, 0) is 36.8 Å². The molecule has 2 aromatic rings. The molecule has 3 amide bonds. The molecule has 1 aromatic carbocycles. The summed E-state index contributed by atoms with van der Waals surface area (Å²) in [6.07, 6.45) is 1.76. The fourth-order valence-corrected chi connectivity index (χ4v) is 2.73. The topological polar surface area (TPSA) is 83.1 Å². The van der Waals surface area contributed by atoms with Crippen LogP contribution in [0.4, 0.5) is 10.5 Å². The van der Waals surface area contributed by atoms with Crippen molar-refractivity contribution in [2.24, 2.45) is 0 Å². The first-order valence-electron chi connectivity index (χ1n) is 7.61. The highest BCUT2D eigenvalue weighted by Gasteiger charge is 2.05. The second-order valence-corrected chi connectivity index (χ2v) is 5.91. The number of nitrogens with zero attached hydrogens (tertiary/aromatic N) is 1. The van der Waals surface area contributed by atoms with Gasteiger partial charge >= 0.3 is 6.03 Å². The molecule has 0 aliphatic heterocycles. The number of carbonyl (C=O) groups excluding carboxylic acids is 2. The van der Waals surface area contributed by atoms with E-state index in [9.17, 15) is 9.59 Å². The van der Waals surface area contributed by atoms with Gasteiger partial charge in [-0.1, -0.05) is 18.2 Å². The van der Waals surface area contributed by atoms with Crippen molar-refractivity contribution >= 4 is 29.4 Å². The summed E-state index contributed by atoms with van der Waals surface area (Å²) in [5, 5.41) is 8.81. The first-order valence-corrected chi connectivity index (χ1v) is 8.60. The Balaban J connectivity index is 1.83. The zero-order chi connectivity index (χ0) is 17.2. The van der Waals surface area contributed by atoms with E-state index in [0.29, 0.717) is 12.2 Å². The van der Waals surface area contributed by atoms with Gasteiger partial charge in [0.25, 0.3) is 0 Å². The van der Waals surface area contributed by atoms with Crippen molar-refractivity contribution in [3.8, 4) is 0 Å². The van der Waals surface area contributed by atoms with Crippen LogP contribution in [0.15, 0.2) is 53.7 Å². The van der Waals surface area contributed by atoms with Gasteiger partial charge in [-0.15, -0.1) is 11.8 Å². The number of benzene rings is 1. The molecule has 7 heteroatoms. The molecular weight excluding hydrogens is 324 g/mol. The van der Waals surface area contributed by atoms with Gasteiger partial charge in [0.2, 0.25) is 5.91 Å². The SMILES string of the molecule is CCNC(=O)CNC(=O)Nc1cccc(CSc2ccccn2)c1. The molecule has 126 valence electrons. The van der Waals surface area contributed by atoms with Gasteiger partial charge in [0.15, 0.2) is 0 Å². The second kappa shape index (κ2) is 9.57. The number of urea groups is 1. The quantitative estimate of drug-likeness (QED) is 0.674. The van der Waals surface area contributed by atoms with Crippen molar-refractivity contribution in [2.75, 3.05) is 18.4 Å².